The molecule has 3 nitrogen and oxygen atoms in total. The van der Waals surface area contributed by atoms with Crippen molar-refractivity contribution in [3.8, 4) is 0 Å². The number of rotatable bonds is 2. The third-order valence-electron chi connectivity index (χ3n) is 3.24. The Morgan fingerprint density at radius 2 is 2.12 bits per heavy atom. The highest BCUT2D eigenvalue weighted by atomic mass is 16.2. The van der Waals surface area contributed by atoms with Crippen molar-refractivity contribution >= 4 is 17.3 Å². The number of anilines is 2. The van der Waals surface area contributed by atoms with Crippen molar-refractivity contribution in [2.45, 2.75) is 33.2 Å². The normalized spacial score (nSPS) is 20.7. The van der Waals surface area contributed by atoms with Crippen LogP contribution in [0.4, 0.5) is 11.4 Å². The first-order chi connectivity index (χ1) is 7.61. The molecular weight excluding hydrogens is 200 g/mol. The summed E-state index contributed by atoms with van der Waals surface area (Å²) in [5.41, 5.74) is 3.07. The number of carbonyl (C=O) groups excluding carboxylic acids is 1. The Balaban J connectivity index is 2.28. The topological polar surface area (TPSA) is 41.1 Å². The first-order valence-corrected chi connectivity index (χ1v) is 5.80. The van der Waals surface area contributed by atoms with Crippen LogP contribution in [0.25, 0.3) is 0 Å². The van der Waals surface area contributed by atoms with Gasteiger partial charge in [-0.3, -0.25) is 4.79 Å². The number of amides is 1. The lowest BCUT2D eigenvalue weighted by atomic mass is 9.96. The number of fused-ring (bicyclic) bond motifs is 1. The molecule has 0 saturated heterocycles. The quantitative estimate of drug-likeness (QED) is 0.801. The molecule has 2 rings (SSSR count). The van der Waals surface area contributed by atoms with Crippen LogP contribution < -0.4 is 10.6 Å². The number of nitrogens with one attached hydrogen (secondary N) is 2. The van der Waals surface area contributed by atoms with E-state index in [-0.39, 0.29) is 11.9 Å². The molecular formula is C13H18N2O. The largest absolute Gasteiger partial charge is 0.372 e. The number of hydrogen-bond donors (Lipinski definition) is 2. The molecule has 0 aliphatic carbocycles. The monoisotopic (exact) mass is 218 g/mol. The Kier molecular flexibility index (Phi) is 2.86. The van der Waals surface area contributed by atoms with Gasteiger partial charge in [0.15, 0.2) is 0 Å². The van der Waals surface area contributed by atoms with E-state index in [0.29, 0.717) is 5.92 Å². The molecule has 0 spiro atoms. The molecule has 2 atom stereocenters. The number of benzene rings is 1. The summed E-state index contributed by atoms with van der Waals surface area (Å²) >= 11 is 0. The predicted molar refractivity (Wildman–Crippen MR) is 66.7 cm³/mol. The van der Waals surface area contributed by atoms with Crippen LogP contribution in [0.1, 0.15) is 25.8 Å². The van der Waals surface area contributed by atoms with Crippen molar-refractivity contribution in [2.75, 3.05) is 10.6 Å². The van der Waals surface area contributed by atoms with Crippen LogP contribution in [0.15, 0.2) is 18.2 Å². The molecule has 1 amide bonds. The molecule has 0 radical (unpaired) electrons. The number of carbonyl (C=O) groups is 1. The summed E-state index contributed by atoms with van der Waals surface area (Å²) in [7, 11) is 0. The highest BCUT2D eigenvalue weighted by Crippen LogP contribution is 2.29. The Morgan fingerprint density at radius 1 is 1.38 bits per heavy atom. The second-order valence-electron chi connectivity index (χ2n) is 4.55. The van der Waals surface area contributed by atoms with Crippen molar-refractivity contribution in [2.24, 2.45) is 5.92 Å². The van der Waals surface area contributed by atoms with E-state index in [0.717, 1.165) is 23.4 Å². The lowest BCUT2D eigenvalue weighted by Crippen LogP contribution is -2.43. The Labute approximate surface area is 96.2 Å². The Bertz CT molecular complexity index is 414. The highest BCUT2D eigenvalue weighted by Gasteiger charge is 2.28. The fourth-order valence-corrected chi connectivity index (χ4v) is 1.97. The summed E-state index contributed by atoms with van der Waals surface area (Å²) in [6.45, 7) is 6.22. The molecule has 0 bridgehead atoms. The van der Waals surface area contributed by atoms with Gasteiger partial charge in [-0.05, 0) is 30.5 Å². The third-order valence-corrected chi connectivity index (χ3v) is 3.24. The van der Waals surface area contributed by atoms with Gasteiger partial charge in [-0.2, -0.15) is 0 Å². The van der Waals surface area contributed by atoms with Crippen LogP contribution in [0, 0.1) is 12.8 Å². The zero-order valence-corrected chi connectivity index (χ0v) is 10.0. The van der Waals surface area contributed by atoms with Crippen LogP contribution in [-0.4, -0.2) is 11.9 Å². The zero-order chi connectivity index (χ0) is 11.7. The molecule has 1 aliphatic rings. The third kappa shape index (κ3) is 1.90. The van der Waals surface area contributed by atoms with Crippen molar-refractivity contribution in [3.63, 3.8) is 0 Å². The van der Waals surface area contributed by atoms with Gasteiger partial charge in [0.1, 0.15) is 6.04 Å². The van der Waals surface area contributed by atoms with E-state index >= 15 is 0 Å². The van der Waals surface area contributed by atoms with Gasteiger partial charge >= 0.3 is 0 Å². The summed E-state index contributed by atoms with van der Waals surface area (Å²) in [6, 6.07) is 5.96. The maximum absolute atomic E-state index is 11.9. The van der Waals surface area contributed by atoms with Gasteiger partial charge in [0.25, 0.3) is 0 Å². The summed E-state index contributed by atoms with van der Waals surface area (Å²) < 4.78 is 0. The minimum absolute atomic E-state index is 0.0763. The zero-order valence-electron chi connectivity index (χ0n) is 10.0. The van der Waals surface area contributed by atoms with E-state index in [1.165, 1.54) is 0 Å². The molecule has 0 saturated carbocycles. The van der Waals surface area contributed by atoms with Crippen molar-refractivity contribution in [1.29, 1.82) is 0 Å². The number of hydrogen-bond acceptors (Lipinski definition) is 2. The van der Waals surface area contributed by atoms with Crippen LogP contribution >= 0.6 is 0 Å². The first-order valence-electron chi connectivity index (χ1n) is 5.80. The van der Waals surface area contributed by atoms with Gasteiger partial charge in [0.05, 0.1) is 11.4 Å². The molecule has 0 aromatic heterocycles. The van der Waals surface area contributed by atoms with Crippen molar-refractivity contribution in [3.05, 3.63) is 23.8 Å². The predicted octanol–water partition coefficient (Wildman–Crippen LogP) is 2.77. The molecule has 1 aromatic carbocycles. The lowest BCUT2D eigenvalue weighted by molar-refractivity contribution is -0.118. The first kappa shape index (κ1) is 11.0. The molecule has 1 aliphatic heterocycles. The second kappa shape index (κ2) is 4.16. The van der Waals surface area contributed by atoms with E-state index in [2.05, 4.69) is 30.5 Å². The van der Waals surface area contributed by atoms with Crippen LogP contribution in [-0.2, 0) is 4.79 Å². The molecule has 1 heterocycles. The van der Waals surface area contributed by atoms with Crippen LogP contribution in [0.3, 0.4) is 0 Å². The highest BCUT2D eigenvalue weighted by molar-refractivity contribution is 6.03. The number of aryl methyl sites for hydroxylation is 1. The van der Waals surface area contributed by atoms with E-state index in [4.69, 9.17) is 0 Å². The summed E-state index contributed by atoms with van der Waals surface area (Å²) in [5, 5.41) is 6.28. The summed E-state index contributed by atoms with van der Waals surface area (Å²) in [4.78, 5) is 11.9. The average Bonchev–Trinajstić information content (AvgIpc) is 2.27. The molecule has 86 valence electrons. The smallest absolute Gasteiger partial charge is 0.247 e. The molecule has 16 heavy (non-hydrogen) atoms. The van der Waals surface area contributed by atoms with Gasteiger partial charge in [-0.25, -0.2) is 0 Å². The van der Waals surface area contributed by atoms with E-state index < -0.39 is 0 Å². The fourth-order valence-electron chi connectivity index (χ4n) is 1.97. The lowest BCUT2D eigenvalue weighted by Gasteiger charge is -2.30. The van der Waals surface area contributed by atoms with E-state index in [1.54, 1.807) is 0 Å². The van der Waals surface area contributed by atoms with Crippen LogP contribution in [0.5, 0.6) is 0 Å². The maximum Gasteiger partial charge on any atom is 0.247 e. The van der Waals surface area contributed by atoms with Gasteiger partial charge < -0.3 is 10.6 Å². The SMILES string of the molecule is CCC(C)C1Nc2ccc(C)cc2NC1=O. The van der Waals surface area contributed by atoms with Gasteiger partial charge in [-0.15, -0.1) is 0 Å². The Hall–Kier alpha value is -1.51. The van der Waals surface area contributed by atoms with E-state index in [1.807, 2.05) is 19.1 Å². The minimum Gasteiger partial charge on any atom is -0.372 e. The molecule has 3 heteroatoms. The maximum atomic E-state index is 11.9. The minimum atomic E-state index is -0.111. The summed E-state index contributed by atoms with van der Waals surface area (Å²) in [6.07, 6.45) is 0.992. The average molecular weight is 218 g/mol. The Morgan fingerprint density at radius 3 is 2.81 bits per heavy atom. The summed E-state index contributed by atoms with van der Waals surface area (Å²) in [5.74, 6) is 0.418. The van der Waals surface area contributed by atoms with Crippen LogP contribution in [0.2, 0.25) is 0 Å². The fraction of sp³-hybridized carbons (Fsp3) is 0.462. The van der Waals surface area contributed by atoms with Gasteiger partial charge in [0.2, 0.25) is 5.91 Å². The standard InChI is InChI=1S/C13H18N2O/c1-4-9(3)12-13(16)15-11-7-8(2)5-6-10(11)14-12/h5-7,9,12,14H,4H2,1-3H3,(H,15,16). The van der Waals surface area contributed by atoms with E-state index in [9.17, 15) is 4.79 Å². The molecule has 1 aromatic rings. The van der Waals surface area contributed by atoms with Crippen molar-refractivity contribution < 1.29 is 4.79 Å². The molecule has 0 fully saturated rings. The molecule has 2 unspecified atom stereocenters. The second-order valence-corrected chi connectivity index (χ2v) is 4.55. The molecule has 2 N–H and O–H groups in total. The van der Waals surface area contributed by atoms with Gasteiger partial charge in [-0.1, -0.05) is 26.3 Å². The van der Waals surface area contributed by atoms with Crippen molar-refractivity contribution in [1.82, 2.24) is 0 Å². The van der Waals surface area contributed by atoms with Gasteiger partial charge in [0, 0.05) is 0 Å².